The maximum absolute atomic E-state index is 13.4. The Kier molecular flexibility index (Phi) is 4.00. The summed E-state index contributed by atoms with van der Waals surface area (Å²) in [7, 11) is 0. The van der Waals surface area contributed by atoms with Crippen LogP contribution in [-0.4, -0.2) is 10.8 Å². The summed E-state index contributed by atoms with van der Waals surface area (Å²) in [5.74, 6) is -1.07. The van der Waals surface area contributed by atoms with Gasteiger partial charge in [-0.3, -0.25) is 14.9 Å². The van der Waals surface area contributed by atoms with E-state index < -0.39 is 10.7 Å². The summed E-state index contributed by atoms with van der Waals surface area (Å²) in [6.45, 7) is 5.61. The van der Waals surface area contributed by atoms with Crippen molar-refractivity contribution in [3.8, 4) is 0 Å². The Morgan fingerprint density at radius 2 is 2.06 bits per heavy atom. The summed E-state index contributed by atoms with van der Waals surface area (Å²) in [5.41, 5.74) is -0.665. The molecule has 1 amide bonds. The molecule has 0 bridgehead atoms. The summed E-state index contributed by atoms with van der Waals surface area (Å²) < 4.78 is 13.4. The Balaban J connectivity index is 2.87. The molecule has 0 unspecified atom stereocenters. The Labute approximate surface area is 104 Å². The first-order valence-electron chi connectivity index (χ1n) is 5.43. The van der Waals surface area contributed by atoms with E-state index in [2.05, 4.69) is 5.32 Å². The van der Waals surface area contributed by atoms with Gasteiger partial charge < -0.3 is 5.32 Å². The third-order valence-corrected chi connectivity index (χ3v) is 2.13. The number of benzene rings is 1. The van der Waals surface area contributed by atoms with Crippen LogP contribution in [0, 0.1) is 21.3 Å². The molecule has 0 saturated heterocycles. The summed E-state index contributed by atoms with van der Waals surface area (Å²) >= 11 is 0. The van der Waals surface area contributed by atoms with Gasteiger partial charge in [0.25, 0.3) is 5.69 Å². The van der Waals surface area contributed by atoms with Gasteiger partial charge in [-0.15, -0.1) is 0 Å². The second-order valence-electron chi connectivity index (χ2n) is 5.21. The number of amides is 1. The number of non-ortho nitro benzene ring substituents is 1. The van der Waals surface area contributed by atoms with Crippen molar-refractivity contribution in [2.45, 2.75) is 27.2 Å². The van der Waals surface area contributed by atoms with Crippen LogP contribution in [0.25, 0.3) is 0 Å². The Hall–Kier alpha value is -1.98. The average molecular weight is 254 g/mol. The first-order valence-corrected chi connectivity index (χ1v) is 5.43. The largest absolute Gasteiger partial charge is 0.323 e. The molecule has 0 aromatic heterocycles. The molecule has 0 fully saturated rings. The van der Waals surface area contributed by atoms with E-state index in [1.165, 1.54) is 0 Å². The van der Waals surface area contributed by atoms with Crippen molar-refractivity contribution in [2.24, 2.45) is 5.41 Å². The first kappa shape index (κ1) is 14.1. The Bertz CT molecular complexity index is 481. The summed E-state index contributed by atoms with van der Waals surface area (Å²) in [6, 6.07) is 3.02. The molecule has 0 aliphatic rings. The van der Waals surface area contributed by atoms with Gasteiger partial charge in [0.05, 0.1) is 10.6 Å². The molecular weight excluding hydrogens is 239 g/mol. The highest BCUT2D eigenvalue weighted by Crippen LogP contribution is 2.23. The van der Waals surface area contributed by atoms with E-state index in [-0.39, 0.29) is 29.1 Å². The van der Waals surface area contributed by atoms with Crippen molar-refractivity contribution in [3.05, 3.63) is 34.1 Å². The summed E-state index contributed by atoms with van der Waals surface area (Å²) in [4.78, 5) is 21.5. The van der Waals surface area contributed by atoms with Gasteiger partial charge in [-0.05, 0) is 11.5 Å². The lowest BCUT2D eigenvalue weighted by Gasteiger charge is -2.17. The number of anilines is 1. The minimum absolute atomic E-state index is 0.168. The maximum atomic E-state index is 13.4. The molecule has 0 saturated carbocycles. The number of nitrogens with one attached hydrogen (secondary N) is 1. The number of halogens is 1. The van der Waals surface area contributed by atoms with Gasteiger partial charge in [0.15, 0.2) is 0 Å². The number of carbonyl (C=O) groups excluding carboxylic acids is 1. The second kappa shape index (κ2) is 5.12. The quantitative estimate of drug-likeness (QED) is 0.665. The van der Waals surface area contributed by atoms with Crippen LogP contribution in [0.4, 0.5) is 15.8 Å². The normalized spacial score (nSPS) is 11.1. The van der Waals surface area contributed by atoms with E-state index in [1.54, 1.807) is 0 Å². The molecule has 6 heteroatoms. The van der Waals surface area contributed by atoms with Gasteiger partial charge in [-0.25, -0.2) is 4.39 Å². The fourth-order valence-corrected chi connectivity index (χ4v) is 1.40. The standard InChI is InChI=1S/C12H15FN2O3/c1-12(2,3)7-11(16)14-10-6-8(15(17)18)4-5-9(10)13/h4-6H,7H2,1-3H3,(H,14,16). The molecule has 0 atom stereocenters. The molecule has 1 rings (SSSR count). The first-order chi connectivity index (χ1) is 8.19. The SMILES string of the molecule is CC(C)(C)CC(=O)Nc1cc([N+](=O)[O-])ccc1F. The van der Waals surface area contributed by atoms with Gasteiger partial charge in [0, 0.05) is 18.6 Å². The molecule has 0 spiro atoms. The molecule has 0 heterocycles. The molecule has 1 N–H and O–H groups in total. The van der Waals surface area contributed by atoms with Crippen LogP contribution in [-0.2, 0) is 4.79 Å². The molecule has 1 aromatic rings. The van der Waals surface area contributed by atoms with Crippen molar-refractivity contribution >= 4 is 17.3 Å². The number of hydrogen-bond donors (Lipinski definition) is 1. The monoisotopic (exact) mass is 254 g/mol. The molecule has 98 valence electrons. The molecule has 0 aliphatic heterocycles. The molecule has 0 aliphatic carbocycles. The van der Waals surface area contributed by atoms with Crippen LogP contribution < -0.4 is 5.32 Å². The molecule has 18 heavy (non-hydrogen) atoms. The molecule has 5 nitrogen and oxygen atoms in total. The van der Waals surface area contributed by atoms with E-state index in [0.717, 1.165) is 18.2 Å². The highest BCUT2D eigenvalue weighted by atomic mass is 19.1. The van der Waals surface area contributed by atoms with Crippen LogP contribution in [0.5, 0.6) is 0 Å². The van der Waals surface area contributed by atoms with Gasteiger partial charge in [0.2, 0.25) is 5.91 Å². The molecular formula is C12H15FN2O3. The van der Waals surface area contributed by atoms with E-state index in [0.29, 0.717) is 0 Å². The van der Waals surface area contributed by atoms with E-state index >= 15 is 0 Å². The predicted octanol–water partition coefficient (Wildman–Crippen LogP) is 3.11. The predicted molar refractivity (Wildman–Crippen MR) is 65.8 cm³/mol. The van der Waals surface area contributed by atoms with E-state index in [4.69, 9.17) is 0 Å². The number of rotatable bonds is 3. The van der Waals surface area contributed by atoms with Crippen LogP contribution in [0.2, 0.25) is 0 Å². The van der Waals surface area contributed by atoms with Gasteiger partial charge in [0.1, 0.15) is 5.82 Å². The number of nitro groups is 1. The topological polar surface area (TPSA) is 72.2 Å². The Morgan fingerprint density at radius 1 is 1.44 bits per heavy atom. The number of nitro benzene ring substituents is 1. The number of nitrogens with zero attached hydrogens (tertiary/aromatic N) is 1. The second-order valence-corrected chi connectivity index (χ2v) is 5.21. The molecule has 0 radical (unpaired) electrons. The van der Waals surface area contributed by atoms with Crippen LogP contribution >= 0.6 is 0 Å². The van der Waals surface area contributed by atoms with Crippen molar-refractivity contribution < 1.29 is 14.1 Å². The minimum atomic E-state index is -0.692. The van der Waals surface area contributed by atoms with E-state index in [9.17, 15) is 19.3 Å². The van der Waals surface area contributed by atoms with Crippen LogP contribution in [0.3, 0.4) is 0 Å². The number of hydrogen-bond acceptors (Lipinski definition) is 3. The highest BCUT2D eigenvalue weighted by molar-refractivity contribution is 5.91. The number of carbonyl (C=O) groups is 1. The van der Waals surface area contributed by atoms with Crippen LogP contribution in [0.15, 0.2) is 18.2 Å². The van der Waals surface area contributed by atoms with Gasteiger partial charge in [-0.1, -0.05) is 20.8 Å². The van der Waals surface area contributed by atoms with E-state index in [1.807, 2.05) is 20.8 Å². The van der Waals surface area contributed by atoms with Crippen molar-refractivity contribution in [1.82, 2.24) is 0 Å². The van der Waals surface area contributed by atoms with Crippen molar-refractivity contribution in [2.75, 3.05) is 5.32 Å². The molecule has 1 aromatic carbocycles. The zero-order valence-corrected chi connectivity index (χ0v) is 10.5. The van der Waals surface area contributed by atoms with Crippen molar-refractivity contribution in [1.29, 1.82) is 0 Å². The zero-order valence-electron chi connectivity index (χ0n) is 10.5. The highest BCUT2D eigenvalue weighted by Gasteiger charge is 2.18. The summed E-state index contributed by atoms with van der Waals surface area (Å²) in [6.07, 6.45) is 0.204. The lowest BCUT2D eigenvalue weighted by atomic mass is 9.92. The lowest BCUT2D eigenvalue weighted by molar-refractivity contribution is -0.384. The van der Waals surface area contributed by atoms with Crippen molar-refractivity contribution in [3.63, 3.8) is 0 Å². The third-order valence-electron chi connectivity index (χ3n) is 2.13. The van der Waals surface area contributed by atoms with Gasteiger partial charge >= 0.3 is 0 Å². The fraction of sp³-hybridized carbons (Fsp3) is 0.417. The minimum Gasteiger partial charge on any atom is -0.323 e. The van der Waals surface area contributed by atoms with Gasteiger partial charge in [-0.2, -0.15) is 0 Å². The smallest absolute Gasteiger partial charge is 0.271 e. The lowest BCUT2D eigenvalue weighted by Crippen LogP contribution is -2.20. The maximum Gasteiger partial charge on any atom is 0.271 e. The zero-order chi connectivity index (χ0) is 13.9. The third kappa shape index (κ3) is 4.12. The fourth-order valence-electron chi connectivity index (χ4n) is 1.40. The average Bonchev–Trinajstić information content (AvgIpc) is 2.18. The van der Waals surface area contributed by atoms with Crippen LogP contribution in [0.1, 0.15) is 27.2 Å². The Morgan fingerprint density at radius 3 is 2.56 bits per heavy atom. The summed E-state index contributed by atoms with van der Waals surface area (Å²) in [5, 5.41) is 12.9.